The lowest BCUT2D eigenvalue weighted by Gasteiger charge is -2.26. The fraction of sp³-hybridized carbons (Fsp3) is 0.286. The average Bonchev–Trinajstić information content (AvgIpc) is 2.98. The number of esters is 1. The highest BCUT2D eigenvalue weighted by Crippen LogP contribution is 2.48. The maximum atomic E-state index is 14.2. The number of hydrogen-bond acceptors (Lipinski definition) is 3. The number of hydrogen-bond donors (Lipinski definition) is 0. The summed E-state index contributed by atoms with van der Waals surface area (Å²) in [5.41, 5.74) is 1.94. The summed E-state index contributed by atoms with van der Waals surface area (Å²) in [5.74, 6) is -0.465. The number of methoxy groups -OCH3 is 1. The Labute approximate surface area is 180 Å². The van der Waals surface area contributed by atoms with Gasteiger partial charge in [0.05, 0.1) is 19.0 Å². The summed E-state index contributed by atoms with van der Waals surface area (Å²) in [6, 6.07) is 10.7. The molecule has 0 fully saturated rings. The van der Waals surface area contributed by atoms with Crippen molar-refractivity contribution in [3.63, 3.8) is 0 Å². The monoisotopic (exact) mass is 481 g/mol. The summed E-state index contributed by atoms with van der Waals surface area (Å²) in [5, 5.41) is 1.66. The molecule has 146 valence electrons. The van der Waals surface area contributed by atoms with Crippen molar-refractivity contribution in [2.45, 2.75) is 41.5 Å². The molecule has 1 unspecified atom stereocenters. The molecule has 0 saturated carbocycles. The van der Waals surface area contributed by atoms with Crippen molar-refractivity contribution in [2.75, 3.05) is 7.11 Å². The molecule has 4 rings (SSSR count). The Hall–Kier alpha value is -1.50. The quantitative estimate of drug-likeness (QED) is 0.384. The lowest BCUT2D eigenvalue weighted by molar-refractivity contribution is -0.141. The van der Waals surface area contributed by atoms with Crippen molar-refractivity contribution in [1.29, 1.82) is 0 Å². The van der Waals surface area contributed by atoms with E-state index in [2.05, 4.69) is 20.5 Å². The molecule has 0 amide bonds. The van der Waals surface area contributed by atoms with E-state index in [1.165, 1.54) is 13.2 Å². The van der Waals surface area contributed by atoms with Crippen molar-refractivity contribution >= 4 is 56.2 Å². The van der Waals surface area contributed by atoms with Crippen molar-refractivity contribution in [3.8, 4) is 0 Å². The van der Waals surface area contributed by atoms with Gasteiger partial charge in [-0.2, -0.15) is 0 Å². The molecular formula is C21H18BrClFNO2S. The van der Waals surface area contributed by atoms with Gasteiger partial charge in [-0.1, -0.05) is 23.4 Å². The van der Waals surface area contributed by atoms with Gasteiger partial charge < -0.3 is 9.30 Å². The van der Waals surface area contributed by atoms with E-state index < -0.39 is 0 Å². The molecule has 28 heavy (non-hydrogen) atoms. The van der Waals surface area contributed by atoms with Crippen molar-refractivity contribution in [3.05, 3.63) is 57.4 Å². The first-order valence-corrected chi connectivity index (χ1v) is 11.0. The molecule has 7 heteroatoms. The van der Waals surface area contributed by atoms with Gasteiger partial charge in [-0.3, -0.25) is 4.79 Å². The van der Waals surface area contributed by atoms with Crippen LogP contribution in [0.15, 0.2) is 50.7 Å². The molecule has 0 N–H and O–H groups in total. The van der Waals surface area contributed by atoms with Crippen molar-refractivity contribution < 1.29 is 13.9 Å². The molecule has 2 aromatic carbocycles. The maximum Gasteiger partial charge on any atom is 0.306 e. The van der Waals surface area contributed by atoms with Gasteiger partial charge in [0.25, 0.3) is 0 Å². The van der Waals surface area contributed by atoms with E-state index >= 15 is 0 Å². The predicted molar refractivity (Wildman–Crippen MR) is 114 cm³/mol. The number of rotatable bonds is 4. The van der Waals surface area contributed by atoms with Crippen LogP contribution in [-0.4, -0.2) is 17.6 Å². The Morgan fingerprint density at radius 3 is 2.82 bits per heavy atom. The zero-order chi connectivity index (χ0) is 19.8. The molecule has 0 saturated heterocycles. The molecule has 0 aliphatic carbocycles. The highest BCUT2D eigenvalue weighted by molar-refractivity contribution is 9.10. The van der Waals surface area contributed by atoms with Gasteiger partial charge >= 0.3 is 5.97 Å². The van der Waals surface area contributed by atoms with E-state index in [-0.39, 0.29) is 17.7 Å². The second kappa shape index (κ2) is 8.09. The minimum absolute atomic E-state index is 0.0401. The standard InChI is InChI=1S/C21H18BrClFNO2S/c1-27-18(26)9-12-3-2-8-25-17-11-14(24)10-16(22)19(17)21(20(12)25)28-15-6-4-13(23)5-7-15/h4-7,10-12H,2-3,8-9H2,1H3. The Morgan fingerprint density at radius 2 is 2.11 bits per heavy atom. The highest BCUT2D eigenvalue weighted by atomic mass is 79.9. The largest absolute Gasteiger partial charge is 0.469 e. The third-order valence-corrected chi connectivity index (χ3v) is 7.07. The number of fused-ring (bicyclic) bond motifs is 3. The topological polar surface area (TPSA) is 31.2 Å². The van der Waals surface area contributed by atoms with Crippen LogP contribution >= 0.6 is 39.3 Å². The molecule has 2 heterocycles. The smallest absolute Gasteiger partial charge is 0.306 e. The minimum Gasteiger partial charge on any atom is -0.469 e. The normalized spacial score (nSPS) is 16.2. The first-order valence-electron chi connectivity index (χ1n) is 8.99. The molecule has 1 aromatic heterocycles. The lowest BCUT2D eigenvalue weighted by Crippen LogP contribution is -2.19. The van der Waals surface area contributed by atoms with Crippen LogP contribution in [0.2, 0.25) is 5.02 Å². The molecule has 0 bridgehead atoms. The zero-order valence-corrected chi connectivity index (χ0v) is 18.3. The van der Waals surface area contributed by atoms with Gasteiger partial charge in [0, 0.05) is 42.8 Å². The van der Waals surface area contributed by atoms with E-state index in [0.29, 0.717) is 11.4 Å². The summed E-state index contributed by atoms with van der Waals surface area (Å²) in [7, 11) is 1.41. The molecule has 0 spiro atoms. The van der Waals surface area contributed by atoms with Crippen molar-refractivity contribution in [1.82, 2.24) is 4.57 Å². The molecular weight excluding hydrogens is 465 g/mol. The van der Waals surface area contributed by atoms with E-state index in [1.54, 1.807) is 17.8 Å². The fourth-order valence-corrected chi connectivity index (χ4v) is 5.95. The van der Waals surface area contributed by atoms with Crippen LogP contribution in [-0.2, 0) is 16.1 Å². The maximum absolute atomic E-state index is 14.2. The summed E-state index contributed by atoms with van der Waals surface area (Å²) in [6.07, 6.45) is 2.17. The molecule has 1 aliphatic heterocycles. The first kappa shape index (κ1) is 19.8. The highest BCUT2D eigenvalue weighted by Gasteiger charge is 2.31. The number of carbonyl (C=O) groups excluding carboxylic acids is 1. The van der Waals surface area contributed by atoms with E-state index in [0.717, 1.165) is 50.2 Å². The number of benzene rings is 2. The van der Waals surface area contributed by atoms with Crippen LogP contribution in [0, 0.1) is 5.82 Å². The van der Waals surface area contributed by atoms with E-state index in [4.69, 9.17) is 16.3 Å². The van der Waals surface area contributed by atoms with Crippen LogP contribution in [0.3, 0.4) is 0 Å². The SMILES string of the molecule is COC(=O)CC1CCCn2c1c(Sc1ccc(Cl)cc1)c1c(Br)cc(F)cc12. The number of ether oxygens (including phenoxy) is 1. The Balaban J connectivity index is 1.91. The molecule has 3 aromatic rings. The third kappa shape index (κ3) is 3.70. The van der Waals surface area contributed by atoms with Crippen LogP contribution in [0.25, 0.3) is 10.9 Å². The molecule has 1 atom stereocenters. The lowest BCUT2D eigenvalue weighted by atomic mass is 9.93. The van der Waals surface area contributed by atoms with Gasteiger partial charge in [-0.05, 0) is 65.2 Å². The Morgan fingerprint density at radius 1 is 1.36 bits per heavy atom. The summed E-state index contributed by atoms with van der Waals surface area (Å²) in [6.45, 7) is 0.806. The van der Waals surface area contributed by atoms with E-state index in [1.807, 2.05) is 24.3 Å². The number of nitrogens with zero attached hydrogens (tertiary/aromatic N) is 1. The molecule has 1 aliphatic rings. The van der Waals surface area contributed by atoms with Gasteiger partial charge in [0.2, 0.25) is 0 Å². The molecule has 0 radical (unpaired) electrons. The second-order valence-corrected chi connectivity index (χ2v) is 9.20. The van der Waals surface area contributed by atoms with Gasteiger partial charge in [0.1, 0.15) is 5.82 Å². The summed E-state index contributed by atoms with van der Waals surface area (Å²) >= 11 is 11.2. The summed E-state index contributed by atoms with van der Waals surface area (Å²) < 4.78 is 22.0. The minimum atomic E-state index is -0.280. The Bertz CT molecular complexity index is 1050. The van der Waals surface area contributed by atoms with Gasteiger partial charge in [-0.15, -0.1) is 0 Å². The van der Waals surface area contributed by atoms with Crippen LogP contribution < -0.4 is 0 Å². The van der Waals surface area contributed by atoms with E-state index in [9.17, 15) is 9.18 Å². The van der Waals surface area contributed by atoms with Crippen LogP contribution in [0.4, 0.5) is 4.39 Å². The average molecular weight is 483 g/mol. The number of aryl methyl sites for hydroxylation is 1. The van der Waals surface area contributed by atoms with Crippen LogP contribution in [0.1, 0.15) is 30.9 Å². The zero-order valence-electron chi connectivity index (χ0n) is 15.2. The van der Waals surface area contributed by atoms with Crippen LogP contribution in [0.5, 0.6) is 0 Å². The molecule has 3 nitrogen and oxygen atoms in total. The second-order valence-electron chi connectivity index (χ2n) is 6.82. The third-order valence-electron chi connectivity index (χ3n) is 5.07. The summed E-state index contributed by atoms with van der Waals surface area (Å²) in [4.78, 5) is 14.1. The Kier molecular flexibility index (Phi) is 5.72. The van der Waals surface area contributed by atoms with Gasteiger partial charge in [0.15, 0.2) is 0 Å². The number of halogens is 3. The predicted octanol–water partition coefficient (Wildman–Crippen LogP) is 6.79. The van der Waals surface area contributed by atoms with Crippen molar-refractivity contribution in [2.24, 2.45) is 0 Å². The first-order chi connectivity index (χ1) is 13.5. The number of carbonyl (C=O) groups is 1. The number of aromatic nitrogens is 1. The van der Waals surface area contributed by atoms with Gasteiger partial charge in [-0.25, -0.2) is 4.39 Å². The fourth-order valence-electron chi connectivity index (χ4n) is 3.86.